The zero-order valence-electron chi connectivity index (χ0n) is 32.1. The standard InChI is InChI=1S/C45H51F2NO6S/c1-41-15-11-30(49)25-43(41)18-19-45(32(26-43)40(51)29-8-9-33(46)34(47)24-29)37(41)12-16-42(2)38(45)13-17-44(42,52)27-48(20-14-31-6-5-21-55-31)39(50)23-28-7-10-35(53-3)36(22-28)54-4/h5-10,18-19,21-22,24,26,30,37-38,49,52H,11-17,20,23,25,27H2,1-4H3. The minimum absolute atomic E-state index is 0.0359. The van der Waals surface area contributed by atoms with Gasteiger partial charge in [0.1, 0.15) is 0 Å². The lowest BCUT2D eigenvalue weighted by Crippen LogP contribution is -2.67. The molecular weight excluding hydrogens is 721 g/mol. The summed E-state index contributed by atoms with van der Waals surface area (Å²) >= 11 is 1.64. The van der Waals surface area contributed by atoms with Gasteiger partial charge in [0.05, 0.1) is 32.3 Å². The third-order valence-corrected chi connectivity index (χ3v) is 15.9. The van der Waals surface area contributed by atoms with Crippen LogP contribution in [0.3, 0.4) is 0 Å². The fourth-order valence-electron chi connectivity index (χ4n) is 12.0. The number of amides is 1. The first-order valence-electron chi connectivity index (χ1n) is 19.6. The number of hydrogen-bond donors (Lipinski definition) is 2. The first-order valence-corrected chi connectivity index (χ1v) is 20.5. The number of methoxy groups -OCH3 is 2. The predicted molar refractivity (Wildman–Crippen MR) is 207 cm³/mol. The molecule has 0 aliphatic heterocycles. The lowest BCUT2D eigenvalue weighted by atomic mass is 9.32. The second kappa shape index (κ2) is 13.7. The molecule has 6 aliphatic carbocycles. The number of aliphatic hydroxyl groups is 2. The highest BCUT2D eigenvalue weighted by Gasteiger charge is 2.74. The van der Waals surface area contributed by atoms with Gasteiger partial charge in [0.15, 0.2) is 28.9 Å². The molecule has 8 unspecified atom stereocenters. The van der Waals surface area contributed by atoms with E-state index in [4.69, 9.17) is 9.47 Å². The van der Waals surface area contributed by atoms with Crippen LogP contribution < -0.4 is 9.47 Å². The van der Waals surface area contributed by atoms with E-state index in [1.54, 1.807) is 31.6 Å². The van der Waals surface area contributed by atoms with Gasteiger partial charge < -0.3 is 24.6 Å². The third kappa shape index (κ3) is 5.75. The SMILES string of the molecule is COc1ccc(CC(=O)N(CCc2cccs2)CC2(O)CCC3C45C=CC6(C=C4C(=O)c4ccc(F)c(F)c4)CC(O)CCC6(C)C5CCC32C)cc1OC. The first-order chi connectivity index (χ1) is 26.2. The molecule has 2 N–H and O–H groups in total. The Hall–Kier alpha value is -3.86. The van der Waals surface area contributed by atoms with Crippen LogP contribution in [-0.2, 0) is 17.6 Å². The highest BCUT2D eigenvalue weighted by molar-refractivity contribution is 7.09. The van der Waals surface area contributed by atoms with Gasteiger partial charge in [-0.15, -0.1) is 11.3 Å². The number of fused-ring (bicyclic) bond motifs is 1. The maximum atomic E-state index is 14.8. The second-order valence-electron chi connectivity index (χ2n) is 17.3. The van der Waals surface area contributed by atoms with E-state index in [-0.39, 0.29) is 47.5 Å². The molecule has 3 saturated carbocycles. The quantitative estimate of drug-likeness (QED) is 0.151. The Bertz CT molecular complexity index is 2070. The molecule has 1 heterocycles. The molecule has 2 spiro atoms. The summed E-state index contributed by atoms with van der Waals surface area (Å²) in [5.74, 6) is -1.53. The number of benzene rings is 2. The molecule has 3 fully saturated rings. The normalized spacial score (nSPS) is 34.3. The van der Waals surface area contributed by atoms with Crippen LogP contribution in [0.5, 0.6) is 11.5 Å². The number of ketones is 1. The Balaban J connectivity index is 1.16. The largest absolute Gasteiger partial charge is 0.493 e. The molecule has 0 saturated heterocycles. The van der Waals surface area contributed by atoms with Gasteiger partial charge in [-0.05, 0) is 116 Å². The van der Waals surface area contributed by atoms with Crippen molar-refractivity contribution in [3.05, 3.63) is 105 Å². The number of rotatable bonds is 11. The van der Waals surface area contributed by atoms with E-state index in [2.05, 4.69) is 38.1 Å². The summed E-state index contributed by atoms with van der Waals surface area (Å²) in [6.07, 6.45) is 11.2. The van der Waals surface area contributed by atoms with E-state index in [9.17, 15) is 28.6 Å². The van der Waals surface area contributed by atoms with E-state index in [1.807, 2.05) is 28.5 Å². The van der Waals surface area contributed by atoms with Crippen LogP contribution in [0, 0.1) is 45.1 Å². The number of aliphatic hydroxyl groups excluding tert-OH is 1. The van der Waals surface area contributed by atoms with Gasteiger partial charge in [0, 0.05) is 45.3 Å². The maximum Gasteiger partial charge on any atom is 0.227 e. The Kier molecular flexibility index (Phi) is 9.45. The average Bonchev–Trinajstić information content (AvgIpc) is 3.79. The molecule has 0 radical (unpaired) electrons. The van der Waals surface area contributed by atoms with Crippen LogP contribution in [-0.4, -0.2) is 65.8 Å². The van der Waals surface area contributed by atoms with Gasteiger partial charge in [-0.3, -0.25) is 9.59 Å². The predicted octanol–water partition coefficient (Wildman–Crippen LogP) is 8.13. The van der Waals surface area contributed by atoms with Gasteiger partial charge >= 0.3 is 0 Å². The van der Waals surface area contributed by atoms with Crippen molar-refractivity contribution in [2.75, 3.05) is 27.3 Å². The number of allylic oxidation sites excluding steroid dienone is 4. The molecule has 8 atom stereocenters. The number of thiophene rings is 1. The fraction of sp³-hybridized carbons (Fsp3) is 0.511. The van der Waals surface area contributed by atoms with E-state index in [1.165, 1.54) is 6.07 Å². The smallest absolute Gasteiger partial charge is 0.227 e. The Morgan fingerprint density at radius 2 is 1.65 bits per heavy atom. The number of nitrogens with zero attached hydrogens (tertiary/aromatic N) is 1. The maximum absolute atomic E-state index is 14.8. The molecular formula is C45H51F2NO6S. The minimum atomic E-state index is -1.26. The van der Waals surface area contributed by atoms with E-state index in [0.29, 0.717) is 62.1 Å². The van der Waals surface area contributed by atoms with Crippen LogP contribution in [0.15, 0.2) is 77.7 Å². The van der Waals surface area contributed by atoms with E-state index < -0.39 is 39.6 Å². The summed E-state index contributed by atoms with van der Waals surface area (Å²) in [5, 5.41) is 26.1. The molecule has 9 rings (SSSR count). The van der Waals surface area contributed by atoms with Gasteiger partial charge in [0.2, 0.25) is 5.91 Å². The molecule has 1 amide bonds. The highest BCUT2D eigenvalue weighted by atomic mass is 32.1. The van der Waals surface area contributed by atoms with Crippen LogP contribution >= 0.6 is 11.3 Å². The monoisotopic (exact) mass is 771 g/mol. The second-order valence-corrected chi connectivity index (χ2v) is 18.3. The number of ether oxygens (including phenoxy) is 2. The molecule has 292 valence electrons. The van der Waals surface area contributed by atoms with Crippen molar-refractivity contribution in [1.82, 2.24) is 4.90 Å². The van der Waals surface area contributed by atoms with Crippen molar-refractivity contribution in [1.29, 1.82) is 0 Å². The van der Waals surface area contributed by atoms with Crippen molar-refractivity contribution in [2.24, 2.45) is 33.5 Å². The molecule has 1 aromatic heterocycles. The Morgan fingerprint density at radius 3 is 2.38 bits per heavy atom. The van der Waals surface area contributed by atoms with Crippen LogP contribution in [0.4, 0.5) is 8.78 Å². The number of halogens is 2. The number of carbonyl (C=O) groups excluding carboxylic acids is 2. The lowest BCUT2D eigenvalue weighted by Gasteiger charge is -2.71. The molecule has 10 heteroatoms. The van der Waals surface area contributed by atoms with Crippen molar-refractivity contribution >= 4 is 23.0 Å². The van der Waals surface area contributed by atoms with Crippen LogP contribution in [0.25, 0.3) is 0 Å². The van der Waals surface area contributed by atoms with E-state index in [0.717, 1.165) is 35.4 Å². The highest BCUT2D eigenvalue weighted by Crippen LogP contribution is 2.78. The fourth-order valence-corrected chi connectivity index (χ4v) is 12.7. The summed E-state index contributed by atoms with van der Waals surface area (Å²) < 4.78 is 39.7. The summed E-state index contributed by atoms with van der Waals surface area (Å²) in [4.78, 5) is 32.1. The molecule has 2 bridgehead atoms. The van der Waals surface area contributed by atoms with Gasteiger partial charge in [-0.25, -0.2) is 8.78 Å². The Labute approximate surface area is 326 Å². The Morgan fingerprint density at radius 1 is 0.909 bits per heavy atom. The topological polar surface area (TPSA) is 96.3 Å². The summed E-state index contributed by atoms with van der Waals surface area (Å²) in [5.41, 5.74) is -2.09. The van der Waals surface area contributed by atoms with Crippen LogP contribution in [0.1, 0.15) is 79.6 Å². The number of hydrogen-bond acceptors (Lipinski definition) is 7. The molecule has 2 aromatic carbocycles. The summed E-state index contributed by atoms with van der Waals surface area (Å²) in [6.45, 7) is 5.03. The number of Topliss-reactive ketones (excluding diaryl/α,β-unsaturated/α-hetero) is 1. The van der Waals surface area contributed by atoms with Crippen molar-refractivity contribution in [2.45, 2.75) is 83.3 Å². The number of carbonyl (C=O) groups is 2. The van der Waals surface area contributed by atoms with Crippen molar-refractivity contribution < 1.29 is 38.1 Å². The van der Waals surface area contributed by atoms with Crippen LogP contribution in [0.2, 0.25) is 0 Å². The minimum Gasteiger partial charge on any atom is -0.493 e. The zero-order chi connectivity index (χ0) is 39.0. The van der Waals surface area contributed by atoms with Gasteiger partial charge in [-0.2, -0.15) is 0 Å². The van der Waals surface area contributed by atoms with E-state index >= 15 is 0 Å². The molecule has 7 nitrogen and oxygen atoms in total. The van der Waals surface area contributed by atoms with Crippen molar-refractivity contribution in [3.63, 3.8) is 0 Å². The average molecular weight is 772 g/mol. The van der Waals surface area contributed by atoms with Crippen molar-refractivity contribution in [3.8, 4) is 11.5 Å². The molecule has 3 aromatic rings. The van der Waals surface area contributed by atoms with Gasteiger partial charge in [0.25, 0.3) is 0 Å². The summed E-state index contributed by atoms with van der Waals surface area (Å²) in [6, 6.07) is 12.9. The van der Waals surface area contributed by atoms with Gasteiger partial charge in [-0.1, -0.05) is 44.2 Å². The molecule has 55 heavy (non-hydrogen) atoms. The summed E-state index contributed by atoms with van der Waals surface area (Å²) in [7, 11) is 3.14. The third-order valence-electron chi connectivity index (χ3n) is 15.0. The molecule has 6 aliphatic rings. The zero-order valence-corrected chi connectivity index (χ0v) is 32.9. The lowest BCUT2D eigenvalue weighted by molar-refractivity contribution is -0.178. The first kappa shape index (κ1) is 38.0.